The Bertz CT molecular complexity index is 873. The van der Waals surface area contributed by atoms with E-state index in [1.807, 2.05) is 0 Å². The molecule has 2 aliphatic rings. The number of carbonyl (C=O) groups excluding carboxylic acids is 1. The van der Waals surface area contributed by atoms with Crippen molar-refractivity contribution in [3.8, 4) is 5.69 Å². The molecule has 150 valence electrons. The van der Waals surface area contributed by atoms with Crippen LogP contribution in [0.4, 0.5) is 17.6 Å². The van der Waals surface area contributed by atoms with Crippen molar-refractivity contribution in [2.45, 2.75) is 57.2 Å². The number of hydrogen-bond acceptors (Lipinski definition) is 2. The van der Waals surface area contributed by atoms with E-state index in [4.69, 9.17) is 0 Å². The van der Waals surface area contributed by atoms with Crippen LogP contribution in [0.15, 0.2) is 24.3 Å². The zero-order valence-corrected chi connectivity index (χ0v) is 15.2. The van der Waals surface area contributed by atoms with Crippen molar-refractivity contribution in [1.82, 2.24) is 15.1 Å². The van der Waals surface area contributed by atoms with E-state index in [2.05, 4.69) is 10.4 Å². The van der Waals surface area contributed by atoms with Gasteiger partial charge >= 0.3 is 6.18 Å². The molecule has 0 aliphatic heterocycles. The van der Waals surface area contributed by atoms with Gasteiger partial charge in [0.05, 0.1) is 11.6 Å². The van der Waals surface area contributed by atoms with Gasteiger partial charge in [-0.1, -0.05) is 12.8 Å². The second-order valence-electron chi connectivity index (χ2n) is 7.53. The number of halogens is 4. The van der Waals surface area contributed by atoms with Crippen LogP contribution in [0, 0.1) is 11.7 Å². The first-order valence-electron chi connectivity index (χ1n) is 9.59. The molecule has 0 bridgehead atoms. The van der Waals surface area contributed by atoms with Crippen LogP contribution in [0.5, 0.6) is 0 Å². The van der Waals surface area contributed by atoms with E-state index >= 15 is 0 Å². The fourth-order valence-corrected chi connectivity index (χ4v) is 4.35. The number of hydrogen-bond donors (Lipinski definition) is 1. The van der Waals surface area contributed by atoms with E-state index in [0.717, 1.165) is 24.1 Å². The van der Waals surface area contributed by atoms with Crippen LogP contribution in [0.25, 0.3) is 5.69 Å². The lowest BCUT2D eigenvalue weighted by molar-refractivity contribution is -0.187. The molecule has 0 spiro atoms. The van der Waals surface area contributed by atoms with E-state index in [0.29, 0.717) is 31.4 Å². The molecule has 2 aliphatic carbocycles. The Morgan fingerprint density at radius 3 is 2.50 bits per heavy atom. The third kappa shape index (κ3) is 3.52. The number of nitrogens with zero attached hydrogens (tertiary/aromatic N) is 2. The molecule has 8 heteroatoms. The van der Waals surface area contributed by atoms with E-state index in [1.165, 1.54) is 12.1 Å². The maximum atomic E-state index is 13.3. The molecule has 4 rings (SSSR count). The summed E-state index contributed by atoms with van der Waals surface area (Å²) in [6, 6.07) is 4.85. The standard InChI is InChI=1S/C20H21F4N3O/c21-12-8-10-13(11-9-12)27-17-7-3-4-14(17)18(26-27)19(28)25-16-6-2-1-5-15(16)20(22,23)24/h8-11,15-16H,1-7H2,(H,25,28)/t15-,16-/m0/s1. The summed E-state index contributed by atoms with van der Waals surface area (Å²) in [7, 11) is 0. The first-order chi connectivity index (χ1) is 13.3. The van der Waals surface area contributed by atoms with Gasteiger partial charge in [-0.3, -0.25) is 4.79 Å². The highest BCUT2D eigenvalue weighted by molar-refractivity contribution is 5.94. The molecule has 2 atom stereocenters. The largest absolute Gasteiger partial charge is 0.393 e. The van der Waals surface area contributed by atoms with E-state index in [1.54, 1.807) is 16.8 Å². The van der Waals surface area contributed by atoms with Crippen LogP contribution in [0.1, 0.15) is 53.8 Å². The highest BCUT2D eigenvalue weighted by atomic mass is 19.4. The molecule has 1 fully saturated rings. The summed E-state index contributed by atoms with van der Waals surface area (Å²) in [5, 5.41) is 6.99. The first kappa shape index (κ1) is 19.0. The molecule has 0 saturated heterocycles. The van der Waals surface area contributed by atoms with E-state index in [-0.39, 0.29) is 17.9 Å². The number of nitrogens with one attached hydrogen (secondary N) is 1. The lowest BCUT2D eigenvalue weighted by Crippen LogP contribution is -2.47. The molecule has 1 saturated carbocycles. The van der Waals surface area contributed by atoms with Crippen LogP contribution in [-0.4, -0.2) is 27.9 Å². The Hall–Kier alpha value is -2.38. The van der Waals surface area contributed by atoms with Gasteiger partial charge in [0.25, 0.3) is 5.91 Å². The molecule has 1 N–H and O–H groups in total. The zero-order valence-electron chi connectivity index (χ0n) is 15.2. The average Bonchev–Trinajstić information content (AvgIpc) is 3.24. The van der Waals surface area contributed by atoms with Gasteiger partial charge in [-0.2, -0.15) is 18.3 Å². The third-order valence-corrected chi connectivity index (χ3v) is 5.72. The number of alkyl halides is 3. The lowest BCUT2D eigenvalue weighted by Gasteiger charge is -2.33. The van der Waals surface area contributed by atoms with Crippen LogP contribution in [0.2, 0.25) is 0 Å². The van der Waals surface area contributed by atoms with Gasteiger partial charge in [0.15, 0.2) is 5.69 Å². The summed E-state index contributed by atoms with van der Waals surface area (Å²) >= 11 is 0. The fraction of sp³-hybridized carbons (Fsp3) is 0.500. The third-order valence-electron chi connectivity index (χ3n) is 5.72. The van der Waals surface area contributed by atoms with Crippen LogP contribution in [0.3, 0.4) is 0 Å². The normalized spacial score (nSPS) is 22.1. The van der Waals surface area contributed by atoms with Crippen molar-refractivity contribution in [2.75, 3.05) is 0 Å². The van der Waals surface area contributed by atoms with E-state index in [9.17, 15) is 22.4 Å². The maximum Gasteiger partial charge on any atom is 0.393 e. The second-order valence-corrected chi connectivity index (χ2v) is 7.53. The van der Waals surface area contributed by atoms with Gasteiger partial charge in [-0.15, -0.1) is 0 Å². The van der Waals surface area contributed by atoms with Gasteiger partial charge in [-0.05, 0) is 56.4 Å². The summed E-state index contributed by atoms with van der Waals surface area (Å²) in [6.45, 7) is 0. The van der Waals surface area contributed by atoms with Crippen LogP contribution >= 0.6 is 0 Å². The van der Waals surface area contributed by atoms with Crippen LogP contribution < -0.4 is 5.32 Å². The molecule has 0 unspecified atom stereocenters. The number of rotatable bonds is 3. The molecule has 2 aromatic rings. The quantitative estimate of drug-likeness (QED) is 0.786. The molecular formula is C20H21F4N3O. The molecule has 0 radical (unpaired) electrons. The predicted octanol–water partition coefficient (Wildman–Crippen LogP) is 4.35. The summed E-state index contributed by atoms with van der Waals surface area (Å²) in [5.74, 6) is -2.45. The summed E-state index contributed by atoms with van der Waals surface area (Å²) in [4.78, 5) is 12.8. The average molecular weight is 395 g/mol. The molecule has 1 heterocycles. The summed E-state index contributed by atoms with van der Waals surface area (Å²) < 4.78 is 54.8. The Morgan fingerprint density at radius 2 is 1.79 bits per heavy atom. The van der Waals surface area contributed by atoms with Crippen LogP contribution in [-0.2, 0) is 12.8 Å². The topological polar surface area (TPSA) is 46.9 Å². The summed E-state index contributed by atoms with van der Waals surface area (Å²) in [5.41, 5.74) is 2.46. The monoisotopic (exact) mass is 395 g/mol. The SMILES string of the molecule is O=C(N[C@H]1CCCC[C@@H]1C(F)(F)F)c1nn(-c2ccc(F)cc2)c2c1CCC2. The van der Waals surface area contributed by atoms with E-state index < -0.39 is 24.0 Å². The highest BCUT2D eigenvalue weighted by Gasteiger charge is 2.46. The van der Waals surface area contributed by atoms with Gasteiger partial charge in [0.2, 0.25) is 0 Å². The molecule has 28 heavy (non-hydrogen) atoms. The predicted molar refractivity (Wildman–Crippen MR) is 94.8 cm³/mol. The minimum Gasteiger partial charge on any atom is -0.347 e. The van der Waals surface area contributed by atoms with Crippen molar-refractivity contribution in [3.05, 3.63) is 47.0 Å². The minimum absolute atomic E-state index is 0.0383. The molecule has 1 aromatic carbocycles. The lowest BCUT2D eigenvalue weighted by atomic mass is 9.84. The molecular weight excluding hydrogens is 374 g/mol. The Labute approximate surface area is 159 Å². The van der Waals surface area contributed by atoms with Crippen molar-refractivity contribution in [3.63, 3.8) is 0 Å². The molecule has 1 aromatic heterocycles. The van der Waals surface area contributed by atoms with Crippen molar-refractivity contribution >= 4 is 5.91 Å². The molecule has 1 amide bonds. The number of fused-ring (bicyclic) bond motifs is 1. The van der Waals surface area contributed by atoms with Crippen molar-refractivity contribution in [1.29, 1.82) is 0 Å². The first-order valence-corrected chi connectivity index (χ1v) is 9.59. The van der Waals surface area contributed by atoms with Gasteiger partial charge in [-0.25, -0.2) is 9.07 Å². The van der Waals surface area contributed by atoms with Crippen molar-refractivity contribution in [2.24, 2.45) is 5.92 Å². The van der Waals surface area contributed by atoms with Gasteiger partial charge in [0.1, 0.15) is 5.82 Å². The number of amides is 1. The molecule has 4 nitrogen and oxygen atoms in total. The number of carbonyl (C=O) groups is 1. The second kappa shape index (κ2) is 7.22. The minimum atomic E-state index is -4.33. The number of benzene rings is 1. The van der Waals surface area contributed by atoms with Gasteiger partial charge < -0.3 is 5.32 Å². The maximum absolute atomic E-state index is 13.3. The number of aromatic nitrogens is 2. The Kier molecular flexibility index (Phi) is 4.89. The van der Waals surface area contributed by atoms with Crippen molar-refractivity contribution < 1.29 is 22.4 Å². The highest BCUT2D eigenvalue weighted by Crippen LogP contribution is 2.38. The zero-order chi connectivity index (χ0) is 19.9. The smallest absolute Gasteiger partial charge is 0.347 e. The van der Waals surface area contributed by atoms with Gasteiger partial charge in [0, 0.05) is 17.3 Å². The fourth-order valence-electron chi connectivity index (χ4n) is 4.35. The Morgan fingerprint density at radius 1 is 1.07 bits per heavy atom. The Balaban J connectivity index is 1.61. The summed E-state index contributed by atoms with van der Waals surface area (Å²) in [6.07, 6.45) is -0.552.